The van der Waals surface area contributed by atoms with E-state index in [2.05, 4.69) is 31.2 Å². The Balaban J connectivity index is 1.34. The lowest BCUT2D eigenvalue weighted by molar-refractivity contribution is 0.169. The monoisotopic (exact) mass is 340 g/mol. The molecule has 7 heteroatoms. The molecule has 0 amide bonds. The average molecular weight is 340 g/mol. The van der Waals surface area contributed by atoms with Crippen LogP contribution in [0.3, 0.4) is 0 Å². The SMILES string of the molecule is C[C@H](O)Cc1cn(C2CCN(Cc3nc4ccccc4[nH]3)CC2)nn1. The lowest BCUT2D eigenvalue weighted by atomic mass is 10.1. The summed E-state index contributed by atoms with van der Waals surface area (Å²) in [4.78, 5) is 10.5. The van der Waals surface area contributed by atoms with E-state index in [1.54, 1.807) is 6.92 Å². The Morgan fingerprint density at radius 3 is 2.84 bits per heavy atom. The van der Waals surface area contributed by atoms with Crippen molar-refractivity contribution >= 4 is 11.0 Å². The number of aromatic amines is 1. The fraction of sp³-hybridized carbons (Fsp3) is 0.500. The number of hydrogen-bond acceptors (Lipinski definition) is 5. The van der Waals surface area contributed by atoms with E-state index in [1.165, 1.54) is 0 Å². The second kappa shape index (κ2) is 6.93. The normalized spacial score (nSPS) is 18.0. The number of likely N-dealkylation sites (tertiary alicyclic amines) is 1. The topological polar surface area (TPSA) is 82.9 Å². The molecule has 2 N–H and O–H groups in total. The quantitative estimate of drug-likeness (QED) is 0.741. The molecular formula is C18H24N6O. The number of hydrogen-bond donors (Lipinski definition) is 2. The maximum Gasteiger partial charge on any atom is 0.121 e. The van der Waals surface area contributed by atoms with Gasteiger partial charge in [-0.15, -0.1) is 5.10 Å². The molecule has 132 valence electrons. The third kappa shape index (κ3) is 3.72. The Kier molecular flexibility index (Phi) is 4.50. The fourth-order valence-electron chi connectivity index (χ4n) is 3.52. The minimum Gasteiger partial charge on any atom is -0.393 e. The van der Waals surface area contributed by atoms with Gasteiger partial charge >= 0.3 is 0 Å². The predicted octanol–water partition coefficient (Wildman–Crippen LogP) is 1.91. The lowest BCUT2D eigenvalue weighted by Crippen LogP contribution is -2.34. The van der Waals surface area contributed by atoms with E-state index in [4.69, 9.17) is 0 Å². The molecule has 1 saturated heterocycles. The zero-order valence-corrected chi connectivity index (χ0v) is 14.5. The minimum atomic E-state index is -0.379. The summed E-state index contributed by atoms with van der Waals surface area (Å²) in [6, 6.07) is 8.54. The summed E-state index contributed by atoms with van der Waals surface area (Å²) in [6.45, 7) is 4.67. The van der Waals surface area contributed by atoms with E-state index in [0.29, 0.717) is 12.5 Å². The standard InChI is InChI=1S/C18H24N6O/c1-13(25)10-14-11-24(22-21-14)15-6-8-23(9-7-15)12-18-19-16-4-2-3-5-17(16)20-18/h2-5,11,13,15,25H,6-10,12H2,1H3,(H,19,20)/t13-/m0/s1. The number of H-pyrrole nitrogens is 1. The number of fused-ring (bicyclic) bond motifs is 1. The molecule has 1 aliphatic rings. The first-order chi connectivity index (χ1) is 12.2. The van der Waals surface area contributed by atoms with Crippen LogP contribution in [0.2, 0.25) is 0 Å². The number of nitrogens with one attached hydrogen (secondary N) is 1. The number of para-hydroxylation sites is 2. The van der Waals surface area contributed by atoms with Gasteiger partial charge < -0.3 is 10.1 Å². The van der Waals surface area contributed by atoms with Gasteiger partial charge in [0.2, 0.25) is 0 Å². The highest BCUT2D eigenvalue weighted by molar-refractivity contribution is 5.74. The molecular weight excluding hydrogens is 316 g/mol. The van der Waals surface area contributed by atoms with Crippen molar-refractivity contribution in [3.8, 4) is 0 Å². The van der Waals surface area contributed by atoms with Crippen LogP contribution >= 0.6 is 0 Å². The van der Waals surface area contributed by atoms with Crippen LogP contribution in [0.15, 0.2) is 30.5 Å². The van der Waals surface area contributed by atoms with Crippen molar-refractivity contribution in [1.82, 2.24) is 29.9 Å². The Labute approximate surface area is 146 Å². The lowest BCUT2D eigenvalue weighted by Gasteiger charge is -2.31. The second-order valence-electron chi connectivity index (χ2n) is 6.95. The maximum absolute atomic E-state index is 9.46. The van der Waals surface area contributed by atoms with Gasteiger partial charge in [-0.2, -0.15) is 0 Å². The Morgan fingerprint density at radius 2 is 2.08 bits per heavy atom. The largest absolute Gasteiger partial charge is 0.393 e. The van der Waals surface area contributed by atoms with Crippen LogP contribution in [-0.4, -0.2) is 54.2 Å². The smallest absolute Gasteiger partial charge is 0.121 e. The number of nitrogens with zero attached hydrogens (tertiary/aromatic N) is 5. The summed E-state index contributed by atoms with van der Waals surface area (Å²) in [5, 5.41) is 17.9. The van der Waals surface area contributed by atoms with Gasteiger partial charge in [0.25, 0.3) is 0 Å². The summed E-state index contributed by atoms with van der Waals surface area (Å²) in [7, 11) is 0. The third-order valence-corrected chi connectivity index (χ3v) is 4.81. The molecule has 1 fully saturated rings. The van der Waals surface area contributed by atoms with E-state index >= 15 is 0 Å². The molecule has 7 nitrogen and oxygen atoms in total. The van der Waals surface area contributed by atoms with Crippen molar-refractivity contribution in [3.63, 3.8) is 0 Å². The fourth-order valence-corrected chi connectivity index (χ4v) is 3.52. The zero-order chi connectivity index (χ0) is 17.2. The molecule has 1 aromatic carbocycles. The van der Waals surface area contributed by atoms with Crippen LogP contribution in [0, 0.1) is 0 Å². The minimum absolute atomic E-state index is 0.379. The second-order valence-corrected chi connectivity index (χ2v) is 6.95. The first kappa shape index (κ1) is 16.2. The van der Waals surface area contributed by atoms with Gasteiger partial charge in [-0.25, -0.2) is 9.67 Å². The molecule has 0 aliphatic carbocycles. The Hall–Kier alpha value is -2.25. The van der Waals surface area contributed by atoms with Gasteiger partial charge in [-0.3, -0.25) is 4.90 Å². The van der Waals surface area contributed by atoms with E-state index in [0.717, 1.165) is 55.0 Å². The number of aliphatic hydroxyl groups is 1. The van der Waals surface area contributed by atoms with Gasteiger partial charge in [0, 0.05) is 25.7 Å². The van der Waals surface area contributed by atoms with Gasteiger partial charge in [-0.05, 0) is 31.9 Å². The molecule has 3 aromatic rings. The Morgan fingerprint density at radius 1 is 1.28 bits per heavy atom. The number of piperidine rings is 1. The molecule has 0 spiro atoms. The van der Waals surface area contributed by atoms with Gasteiger partial charge in [0.05, 0.1) is 35.4 Å². The molecule has 1 atom stereocenters. The predicted molar refractivity (Wildman–Crippen MR) is 95.0 cm³/mol. The highest BCUT2D eigenvalue weighted by atomic mass is 16.3. The molecule has 4 rings (SSSR count). The molecule has 3 heterocycles. The molecule has 0 bridgehead atoms. The Bertz CT molecular complexity index is 798. The summed E-state index contributed by atoms with van der Waals surface area (Å²) in [6.07, 6.45) is 4.27. The number of aliphatic hydroxyl groups excluding tert-OH is 1. The summed E-state index contributed by atoms with van der Waals surface area (Å²) in [5.41, 5.74) is 2.99. The highest BCUT2D eigenvalue weighted by Gasteiger charge is 2.22. The van der Waals surface area contributed by atoms with E-state index in [-0.39, 0.29) is 6.10 Å². The third-order valence-electron chi connectivity index (χ3n) is 4.81. The van der Waals surface area contributed by atoms with Gasteiger partial charge in [0.15, 0.2) is 0 Å². The van der Waals surface area contributed by atoms with E-state index in [1.807, 2.05) is 29.1 Å². The summed E-state index contributed by atoms with van der Waals surface area (Å²) in [5.74, 6) is 1.03. The van der Waals surface area contributed by atoms with Crippen LogP contribution in [0.25, 0.3) is 11.0 Å². The summed E-state index contributed by atoms with van der Waals surface area (Å²) >= 11 is 0. The molecule has 2 aromatic heterocycles. The zero-order valence-electron chi connectivity index (χ0n) is 14.5. The molecule has 0 unspecified atom stereocenters. The molecule has 1 aliphatic heterocycles. The van der Waals surface area contributed by atoms with E-state index in [9.17, 15) is 5.11 Å². The first-order valence-electron chi connectivity index (χ1n) is 8.92. The number of rotatable bonds is 5. The van der Waals surface area contributed by atoms with Crippen molar-refractivity contribution in [1.29, 1.82) is 0 Å². The average Bonchev–Trinajstić information content (AvgIpc) is 3.21. The number of benzene rings is 1. The van der Waals surface area contributed by atoms with Crippen LogP contribution in [0.1, 0.15) is 37.3 Å². The van der Waals surface area contributed by atoms with Crippen molar-refractivity contribution in [2.24, 2.45) is 0 Å². The molecule has 0 saturated carbocycles. The van der Waals surface area contributed by atoms with Crippen LogP contribution in [0.5, 0.6) is 0 Å². The van der Waals surface area contributed by atoms with Gasteiger partial charge in [-0.1, -0.05) is 17.3 Å². The van der Waals surface area contributed by atoms with Crippen LogP contribution < -0.4 is 0 Å². The van der Waals surface area contributed by atoms with Crippen molar-refractivity contribution in [2.75, 3.05) is 13.1 Å². The molecule has 25 heavy (non-hydrogen) atoms. The van der Waals surface area contributed by atoms with Crippen molar-refractivity contribution < 1.29 is 5.11 Å². The summed E-state index contributed by atoms with van der Waals surface area (Å²) < 4.78 is 1.97. The van der Waals surface area contributed by atoms with Crippen molar-refractivity contribution in [3.05, 3.63) is 42.0 Å². The van der Waals surface area contributed by atoms with Crippen LogP contribution in [0.4, 0.5) is 0 Å². The number of aromatic nitrogens is 5. The number of imidazole rings is 1. The van der Waals surface area contributed by atoms with E-state index < -0.39 is 0 Å². The van der Waals surface area contributed by atoms with Crippen molar-refractivity contribution in [2.45, 2.75) is 44.9 Å². The highest BCUT2D eigenvalue weighted by Crippen LogP contribution is 2.23. The first-order valence-corrected chi connectivity index (χ1v) is 8.92. The van der Waals surface area contributed by atoms with Crippen LogP contribution in [-0.2, 0) is 13.0 Å². The van der Waals surface area contributed by atoms with Gasteiger partial charge in [0.1, 0.15) is 5.82 Å². The maximum atomic E-state index is 9.46. The molecule has 0 radical (unpaired) electrons.